The summed E-state index contributed by atoms with van der Waals surface area (Å²) in [5.41, 5.74) is 6.13. The highest BCUT2D eigenvalue weighted by atomic mass is 79.9. The Morgan fingerprint density at radius 3 is 2.33 bits per heavy atom. The highest BCUT2D eigenvalue weighted by molar-refractivity contribution is 9.10. The van der Waals surface area contributed by atoms with Crippen LogP contribution in [0, 0.1) is 11.6 Å². The van der Waals surface area contributed by atoms with Gasteiger partial charge in [-0.15, -0.1) is 0 Å². The van der Waals surface area contributed by atoms with Crippen molar-refractivity contribution in [3.05, 3.63) is 63.6 Å². The van der Waals surface area contributed by atoms with Gasteiger partial charge in [-0.05, 0) is 46.3 Å². The molecule has 0 atom stereocenters. The van der Waals surface area contributed by atoms with E-state index >= 15 is 0 Å². The number of benzene rings is 2. The van der Waals surface area contributed by atoms with Crippen molar-refractivity contribution in [3.63, 3.8) is 0 Å². The molecule has 5 heteroatoms. The molecule has 2 nitrogen and oxygen atoms in total. The molecule has 2 N–H and O–H groups in total. The number of anilines is 1. The standard InChI is InChI=1S/C13H8BrF2NO/c14-11-6-8(17)2-4-9(11)13(18)10-3-1-7(15)5-12(10)16/h1-6H,17H2. The largest absolute Gasteiger partial charge is 0.399 e. The monoisotopic (exact) mass is 311 g/mol. The molecular weight excluding hydrogens is 304 g/mol. The van der Waals surface area contributed by atoms with E-state index in [9.17, 15) is 13.6 Å². The Balaban J connectivity index is 2.48. The van der Waals surface area contributed by atoms with Crippen molar-refractivity contribution in [2.24, 2.45) is 0 Å². The lowest BCUT2D eigenvalue weighted by atomic mass is 10.0. The molecule has 0 fully saturated rings. The molecular formula is C13H8BrF2NO. The van der Waals surface area contributed by atoms with Gasteiger partial charge >= 0.3 is 0 Å². The van der Waals surface area contributed by atoms with Crippen LogP contribution >= 0.6 is 15.9 Å². The van der Waals surface area contributed by atoms with E-state index in [1.165, 1.54) is 6.07 Å². The first-order valence-electron chi connectivity index (χ1n) is 5.04. The number of carbonyl (C=O) groups is 1. The molecule has 2 aromatic rings. The zero-order chi connectivity index (χ0) is 13.3. The van der Waals surface area contributed by atoms with Gasteiger partial charge in [-0.2, -0.15) is 0 Å². The molecule has 0 unspecified atom stereocenters. The number of halogens is 3. The number of hydrogen-bond donors (Lipinski definition) is 1. The maximum absolute atomic E-state index is 13.5. The normalized spacial score (nSPS) is 10.4. The molecule has 0 saturated carbocycles. The Kier molecular flexibility index (Phi) is 3.43. The van der Waals surface area contributed by atoms with Gasteiger partial charge in [0.25, 0.3) is 0 Å². The van der Waals surface area contributed by atoms with Crippen LogP contribution in [0.25, 0.3) is 0 Å². The van der Waals surface area contributed by atoms with Gasteiger partial charge in [0.15, 0.2) is 5.78 Å². The van der Waals surface area contributed by atoms with Crippen molar-refractivity contribution >= 4 is 27.4 Å². The molecule has 0 spiro atoms. The Morgan fingerprint density at radius 2 is 1.72 bits per heavy atom. The summed E-state index contributed by atoms with van der Waals surface area (Å²) >= 11 is 3.19. The average Bonchev–Trinajstić information content (AvgIpc) is 2.28. The number of hydrogen-bond acceptors (Lipinski definition) is 2. The smallest absolute Gasteiger partial charge is 0.197 e. The second-order valence-electron chi connectivity index (χ2n) is 3.69. The lowest BCUT2D eigenvalue weighted by molar-refractivity contribution is 0.103. The number of rotatable bonds is 2. The van der Waals surface area contributed by atoms with E-state index in [1.807, 2.05) is 0 Å². The third-order valence-corrected chi connectivity index (χ3v) is 3.07. The van der Waals surface area contributed by atoms with Crippen LogP contribution in [0.4, 0.5) is 14.5 Å². The summed E-state index contributed by atoms with van der Waals surface area (Å²) < 4.78 is 26.7. The minimum Gasteiger partial charge on any atom is -0.399 e. The number of nitrogens with two attached hydrogens (primary N) is 1. The van der Waals surface area contributed by atoms with Gasteiger partial charge in [-0.3, -0.25) is 4.79 Å². The van der Waals surface area contributed by atoms with Crippen LogP contribution in [-0.4, -0.2) is 5.78 Å². The fraction of sp³-hybridized carbons (Fsp3) is 0. The topological polar surface area (TPSA) is 43.1 Å². The summed E-state index contributed by atoms with van der Waals surface area (Å²) in [5.74, 6) is -2.14. The number of ketones is 1. The van der Waals surface area contributed by atoms with Gasteiger partial charge in [0.1, 0.15) is 11.6 Å². The van der Waals surface area contributed by atoms with Crippen molar-refractivity contribution in [1.29, 1.82) is 0 Å². The fourth-order valence-corrected chi connectivity index (χ4v) is 2.11. The Bertz CT molecular complexity index is 575. The van der Waals surface area contributed by atoms with Crippen molar-refractivity contribution in [1.82, 2.24) is 0 Å². The van der Waals surface area contributed by atoms with E-state index < -0.39 is 17.4 Å². The molecule has 0 aliphatic carbocycles. The molecule has 0 aliphatic rings. The third-order valence-electron chi connectivity index (χ3n) is 2.41. The van der Waals surface area contributed by atoms with E-state index in [-0.39, 0.29) is 11.1 Å². The highest BCUT2D eigenvalue weighted by Crippen LogP contribution is 2.24. The first kappa shape index (κ1) is 12.7. The predicted octanol–water partition coefficient (Wildman–Crippen LogP) is 3.54. The molecule has 0 aliphatic heterocycles. The molecule has 18 heavy (non-hydrogen) atoms. The van der Waals surface area contributed by atoms with Gasteiger partial charge in [-0.1, -0.05) is 0 Å². The zero-order valence-electron chi connectivity index (χ0n) is 9.08. The van der Waals surface area contributed by atoms with Crippen molar-refractivity contribution in [2.45, 2.75) is 0 Å². The second-order valence-corrected chi connectivity index (χ2v) is 4.55. The van der Waals surface area contributed by atoms with Crippen LogP contribution in [0.2, 0.25) is 0 Å². The second kappa shape index (κ2) is 4.86. The van der Waals surface area contributed by atoms with Crippen LogP contribution in [0.15, 0.2) is 40.9 Å². The maximum Gasteiger partial charge on any atom is 0.197 e. The van der Waals surface area contributed by atoms with E-state index in [0.29, 0.717) is 16.2 Å². The molecule has 2 aromatic carbocycles. The molecule has 0 bridgehead atoms. The van der Waals surface area contributed by atoms with Crippen LogP contribution < -0.4 is 5.73 Å². The van der Waals surface area contributed by atoms with Crippen LogP contribution in [0.1, 0.15) is 15.9 Å². The summed E-state index contributed by atoms with van der Waals surface area (Å²) in [7, 11) is 0. The van der Waals surface area contributed by atoms with E-state index in [4.69, 9.17) is 5.73 Å². The van der Waals surface area contributed by atoms with Gasteiger partial charge in [0, 0.05) is 21.8 Å². The Labute approximate surface area is 111 Å². The number of carbonyl (C=O) groups excluding carboxylic acids is 1. The first-order valence-corrected chi connectivity index (χ1v) is 5.83. The Morgan fingerprint density at radius 1 is 1.06 bits per heavy atom. The highest BCUT2D eigenvalue weighted by Gasteiger charge is 2.17. The Hall–Kier alpha value is -1.75. The maximum atomic E-state index is 13.5. The molecule has 2 rings (SSSR count). The molecule has 0 saturated heterocycles. The average molecular weight is 312 g/mol. The van der Waals surface area contributed by atoms with Gasteiger partial charge in [0.05, 0.1) is 5.56 Å². The van der Waals surface area contributed by atoms with Gasteiger partial charge in [-0.25, -0.2) is 8.78 Å². The lowest BCUT2D eigenvalue weighted by Crippen LogP contribution is -2.06. The molecule has 0 heterocycles. The van der Waals surface area contributed by atoms with Crippen molar-refractivity contribution < 1.29 is 13.6 Å². The van der Waals surface area contributed by atoms with E-state index in [0.717, 1.165) is 12.1 Å². The van der Waals surface area contributed by atoms with E-state index in [1.54, 1.807) is 12.1 Å². The zero-order valence-corrected chi connectivity index (χ0v) is 10.7. The quantitative estimate of drug-likeness (QED) is 0.681. The van der Waals surface area contributed by atoms with Crippen LogP contribution in [-0.2, 0) is 0 Å². The number of nitrogen functional groups attached to an aromatic ring is 1. The van der Waals surface area contributed by atoms with Crippen molar-refractivity contribution in [3.8, 4) is 0 Å². The van der Waals surface area contributed by atoms with Crippen molar-refractivity contribution in [2.75, 3.05) is 5.73 Å². The summed E-state index contributed by atoms with van der Waals surface area (Å²) in [6.45, 7) is 0. The molecule has 0 radical (unpaired) electrons. The van der Waals surface area contributed by atoms with Gasteiger partial charge in [0.2, 0.25) is 0 Å². The molecule has 92 valence electrons. The predicted molar refractivity (Wildman–Crippen MR) is 68.3 cm³/mol. The molecule has 0 aromatic heterocycles. The summed E-state index contributed by atoms with van der Waals surface area (Å²) in [6, 6.07) is 7.42. The SMILES string of the molecule is Nc1ccc(C(=O)c2ccc(F)cc2F)c(Br)c1. The third kappa shape index (κ3) is 2.41. The van der Waals surface area contributed by atoms with Crippen LogP contribution in [0.5, 0.6) is 0 Å². The first-order chi connectivity index (χ1) is 8.49. The van der Waals surface area contributed by atoms with Crippen LogP contribution in [0.3, 0.4) is 0 Å². The minimum atomic E-state index is -0.885. The minimum absolute atomic E-state index is 0.179. The van der Waals surface area contributed by atoms with E-state index in [2.05, 4.69) is 15.9 Å². The lowest BCUT2D eigenvalue weighted by Gasteiger charge is -2.06. The summed E-state index contributed by atoms with van der Waals surface area (Å²) in [5, 5.41) is 0. The fourth-order valence-electron chi connectivity index (χ4n) is 1.53. The summed E-state index contributed by atoms with van der Waals surface area (Å²) in [4.78, 5) is 12.1. The van der Waals surface area contributed by atoms with Gasteiger partial charge < -0.3 is 5.73 Å². The molecule has 0 amide bonds. The summed E-state index contributed by atoms with van der Waals surface area (Å²) in [6.07, 6.45) is 0.